The van der Waals surface area contributed by atoms with Gasteiger partial charge >= 0.3 is 5.97 Å². The number of nitrogens with zero attached hydrogens (tertiary/aromatic N) is 1. The molecule has 0 saturated carbocycles. The van der Waals surface area contributed by atoms with E-state index in [0.717, 1.165) is 45.2 Å². The molecular weight excluding hydrogens is 218 g/mol. The minimum Gasteiger partial charge on any atom is -0.468 e. The van der Waals surface area contributed by atoms with Gasteiger partial charge in [0.2, 0.25) is 0 Å². The number of carbonyl (C=O) groups is 1. The summed E-state index contributed by atoms with van der Waals surface area (Å²) in [5.74, 6) is 0.302. The minimum atomic E-state index is -0.110. The molecule has 1 saturated heterocycles. The van der Waals surface area contributed by atoms with Crippen LogP contribution in [0.1, 0.15) is 39.0 Å². The Morgan fingerprint density at radius 1 is 1.47 bits per heavy atom. The maximum Gasteiger partial charge on any atom is 0.323 e. The molecule has 4 nitrogen and oxygen atoms in total. The van der Waals surface area contributed by atoms with Gasteiger partial charge in [-0.1, -0.05) is 19.8 Å². The molecule has 0 aromatic rings. The van der Waals surface area contributed by atoms with Crippen LogP contribution in [0.4, 0.5) is 0 Å². The number of ether oxygens (including phenoxy) is 1. The number of aliphatic hydroxyl groups excluding tert-OH is 1. The van der Waals surface area contributed by atoms with E-state index in [-0.39, 0.29) is 18.6 Å². The first kappa shape index (κ1) is 14.5. The molecule has 1 unspecified atom stereocenters. The molecule has 4 heteroatoms. The van der Waals surface area contributed by atoms with Crippen molar-refractivity contribution in [3.8, 4) is 0 Å². The number of carbonyl (C=O) groups excluding carboxylic acids is 1. The van der Waals surface area contributed by atoms with Crippen LogP contribution in [0.5, 0.6) is 0 Å². The SMILES string of the molecule is CCCCC(C(=O)OC)N1CCC(CO)CC1. The topological polar surface area (TPSA) is 49.8 Å². The van der Waals surface area contributed by atoms with Gasteiger partial charge in [0.15, 0.2) is 0 Å². The van der Waals surface area contributed by atoms with Crippen LogP contribution >= 0.6 is 0 Å². The summed E-state index contributed by atoms with van der Waals surface area (Å²) in [7, 11) is 1.46. The predicted octanol–water partition coefficient (Wildman–Crippen LogP) is 1.42. The summed E-state index contributed by atoms with van der Waals surface area (Å²) in [5.41, 5.74) is 0. The summed E-state index contributed by atoms with van der Waals surface area (Å²) in [4.78, 5) is 14.0. The standard InChI is InChI=1S/C13H25NO3/c1-3-4-5-12(13(16)17-2)14-8-6-11(10-15)7-9-14/h11-12,15H,3-10H2,1-2H3. The summed E-state index contributed by atoms with van der Waals surface area (Å²) in [5, 5.41) is 9.10. The zero-order valence-corrected chi connectivity index (χ0v) is 11.0. The van der Waals surface area contributed by atoms with Gasteiger partial charge in [-0.05, 0) is 38.3 Å². The highest BCUT2D eigenvalue weighted by Gasteiger charge is 2.29. The second-order valence-electron chi connectivity index (χ2n) is 4.84. The third-order valence-electron chi connectivity index (χ3n) is 3.65. The Labute approximate surface area is 104 Å². The summed E-state index contributed by atoms with van der Waals surface area (Å²) < 4.78 is 4.89. The van der Waals surface area contributed by atoms with Gasteiger partial charge in [0.05, 0.1) is 7.11 Å². The van der Waals surface area contributed by atoms with Gasteiger partial charge in [-0.15, -0.1) is 0 Å². The summed E-state index contributed by atoms with van der Waals surface area (Å²) in [6, 6.07) is -0.0837. The van der Waals surface area contributed by atoms with Gasteiger partial charge in [-0.3, -0.25) is 9.69 Å². The number of methoxy groups -OCH3 is 1. The Morgan fingerprint density at radius 2 is 2.12 bits per heavy atom. The van der Waals surface area contributed by atoms with E-state index >= 15 is 0 Å². The molecule has 0 amide bonds. The maximum atomic E-state index is 11.8. The summed E-state index contributed by atoms with van der Waals surface area (Å²) in [6.45, 7) is 4.20. The molecule has 0 aliphatic carbocycles. The molecule has 100 valence electrons. The van der Waals surface area contributed by atoms with Crippen molar-refractivity contribution >= 4 is 5.97 Å². The fourth-order valence-corrected chi connectivity index (χ4v) is 2.43. The number of aliphatic hydroxyl groups is 1. The quantitative estimate of drug-likeness (QED) is 0.717. The zero-order chi connectivity index (χ0) is 12.7. The van der Waals surface area contributed by atoms with E-state index in [4.69, 9.17) is 9.84 Å². The molecule has 0 bridgehead atoms. The van der Waals surface area contributed by atoms with Crippen molar-refractivity contribution in [2.45, 2.75) is 45.1 Å². The molecule has 1 aliphatic heterocycles. The van der Waals surface area contributed by atoms with Gasteiger partial charge in [-0.2, -0.15) is 0 Å². The van der Waals surface area contributed by atoms with Crippen molar-refractivity contribution < 1.29 is 14.6 Å². The first-order valence-electron chi connectivity index (χ1n) is 6.65. The average Bonchev–Trinajstić information content (AvgIpc) is 2.39. The molecule has 1 fully saturated rings. The lowest BCUT2D eigenvalue weighted by molar-refractivity contribution is -0.148. The highest BCUT2D eigenvalue weighted by atomic mass is 16.5. The van der Waals surface area contributed by atoms with Crippen LogP contribution in [0.15, 0.2) is 0 Å². The van der Waals surface area contributed by atoms with Crippen molar-refractivity contribution in [1.29, 1.82) is 0 Å². The highest BCUT2D eigenvalue weighted by Crippen LogP contribution is 2.21. The Balaban J connectivity index is 2.49. The fraction of sp³-hybridized carbons (Fsp3) is 0.923. The molecule has 1 atom stereocenters. The Hall–Kier alpha value is -0.610. The van der Waals surface area contributed by atoms with Gasteiger partial charge in [0.25, 0.3) is 0 Å². The minimum absolute atomic E-state index is 0.0837. The van der Waals surface area contributed by atoms with Gasteiger partial charge in [0.1, 0.15) is 6.04 Å². The zero-order valence-electron chi connectivity index (χ0n) is 11.0. The second kappa shape index (κ2) is 7.67. The Kier molecular flexibility index (Phi) is 6.52. The van der Waals surface area contributed by atoms with Crippen molar-refractivity contribution in [2.24, 2.45) is 5.92 Å². The van der Waals surface area contributed by atoms with Crippen LogP contribution in [0.2, 0.25) is 0 Å². The van der Waals surface area contributed by atoms with E-state index in [1.807, 2.05) is 0 Å². The number of hydrogen-bond donors (Lipinski definition) is 1. The smallest absolute Gasteiger partial charge is 0.323 e. The van der Waals surface area contributed by atoms with E-state index in [2.05, 4.69) is 11.8 Å². The van der Waals surface area contributed by atoms with Crippen molar-refractivity contribution in [1.82, 2.24) is 4.90 Å². The number of unbranched alkanes of at least 4 members (excludes halogenated alkanes) is 1. The lowest BCUT2D eigenvalue weighted by Gasteiger charge is -2.35. The monoisotopic (exact) mass is 243 g/mol. The van der Waals surface area contributed by atoms with Crippen molar-refractivity contribution in [3.05, 3.63) is 0 Å². The third-order valence-corrected chi connectivity index (χ3v) is 3.65. The largest absolute Gasteiger partial charge is 0.468 e. The number of piperidine rings is 1. The van der Waals surface area contributed by atoms with E-state index in [9.17, 15) is 4.79 Å². The average molecular weight is 243 g/mol. The second-order valence-corrected chi connectivity index (χ2v) is 4.84. The van der Waals surface area contributed by atoms with Gasteiger partial charge in [-0.25, -0.2) is 0 Å². The first-order chi connectivity index (χ1) is 8.22. The van der Waals surface area contributed by atoms with Crippen molar-refractivity contribution in [3.63, 3.8) is 0 Å². The number of rotatable bonds is 6. The lowest BCUT2D eigenvalue weighted by atomic mass is 9.95. The molecule has 0 aromatic carbocycles. The Morgan fingerprint density at radius 3 is 2.59 bits per heavy atom. The third kappa shape index (κ3) is 4.28. The molecule has 0 spiro atoms. The van der Waals surface area contributed by atoms with E-state index < -0.39 is 0 Å². The summed E-state index contributed by atoms with van der Waals surface area (Å²) in [6.07, 6.45) is 5.00. The van der Waals surface area contributed by atoms with Crippen LogP contribution in [0.25, 0.3) is 0 Å². The van der Waals surface area contributed by atoms with Crippen LogP contribution in [-0.2, 0) is 9.53 Å². The fourth-order valence-electron chi connectivity index (χ4n) is 2.43. The van der Waals surface area contributed by atoms with Crippen LogP contribution in [-0.4, -0.2) is 48.8 Å². The normalized spacial score (nSPS) is 20.2. The predicted molar refractivity (Wildman–Crippen MR) is 66.7 cm³/mol. The molecular formula is C13H25NO3. The van der Waals surface area contributed by atoms with Gasteiger partial charge in [0, 0.05) is 6.61 Å². The number of likely N-dealkylation sites (tertiary alicyclic amines) is 1. The first-order valence-corrected chi connectivity index (χ1v) is 6.65. The highest BCUT2D eigenvalue weighted by molar-refractivity contribution is 5.75. The molecule has 0 aromatic heterocycles. The maximum absolute atomic E-state index is 11.8. The molecule has 17 heavy (non-hydrogen) atoms. The van der Waals surface area contributed by atoms with E-state index in [0.29, 0.717) is 5.92 Å². The Bertz CT molecular complexity index is 225. The van der Waals surface area contributed by atoms with Crippen molar-refractivity contribution in [2.75, 3.05) is 26.8 Å². The molecule has 1 N–H and O–H groups in total. The molecule has 1 heterocycles. The van der Waals surface area contributed by atoms with Crippen LogP contribution in [0.3, 0.4) is 0 Å². The van der Waals surface area contributed by atoms with Crippen LogP contribution < -0.4 is 0 Å². The summed E-state index contributed by atoms with van der Waals surface area (Å²) >= 11 is 0. The molecule has 0 radical (unpaired) electrons. The number of hydrogen-bond acceptors (Lipinski definition) is 4. The molecule has 1 aliphatic rings. The molecule has 1 rings (SSSR count). The van der Waals surface area contributed by atoms with Crippen LogP contribution in [0, 0.1) is 5.92 Å². The number of esters is 1. The lowest BCUT2D eigenvalue weighted by Crippen LogP contribution is -2.46. The van der Waals surface area contributed by atoms with Gasteiger partial charge < -0.3 is 9.84 Å². The van der Waals surface area contributed by atoms with E-state index in [1.54, 1.807) is 0 Å². The van der Waals surface area contributed by atoms with E-state index in [1.165, 1.54) is 7.11 Å².